The first-order valence-corrected chi connectivity index (χ1v) is 11.1. The number of nitrogens with zero attached hydrogens (tertiary/aromatic N) is 1. The third-order valence-corrected chi connectivity index (χ3v) is 6.78. The maximum absolute atomic E-state index is 6.51. The van der Waals surface area contributed by atoms with Crippen LogP contribution in [-0.4, -0.2) is 24.7 Å². The normalized spacial score (nSPS) is 24.8. The first-order valence-electron chi connectivity index (χ1n) is 11.1. The fourth-order valence-corrected chi connectivity index (χ4v) is 4.88. The van der Waals surface area contributed by atoms with Crippen LogP contribution in [0.15, 0.2) is 59.2 Å². The van der Waals surface area contributed by atoms with E-state index in [9.17, 15) is 0 Å². The van der Waals surface area contributed by atoms with E-state index in [1.807, 2.05) is 25.1 Å². The molecule has 1 aromatic heterocycles. The van der Waals surface area contributed by atoms with Crippen LogP contribution in [-0.2, 0) is 10.3 Å². The number of aromatic nitrogens is 1. The second-order valence-corrected chi connectivity index (χ2v) is 8.84. The molecule has 1 saturated carbocycles. The van der Waals surface area contributed by atoms with Gasteiger partial charge in [0, 0.05) is 23.2 Å². The van der Waals surface area contributed by atoms with Crippen molar-refractivity contribution >= 4 is 5.69 Å². The number of hydrogen-bond donors (Lipinski definition) is 1. The molecule has 3 aromatic rings. The van der Waals surface area contributed by atoms with Crippen molar-refractivity contribution < 1.29 is 13.9 Å². The molecular weight excluding hydrogens is 388 g/mol. The Kier molecular flexibility index (Phi) is 5.22. The average molecular weight is 418 g/mol. The summed E-state index contributed by atoms with van der Waals surface area (Å²) in [5.74, 6) is 1.09. The summed E-state index contributed by atoms with van der Waals surface area (Å²) in [7, 11) is 0. The molecule has 3 aliphatic rings. The van der Waals surface area contributed by atoms with Gasteiger partial charge in [-0.1, -0.05) is 30.3 Å². The number of rotatable bonds is 7. The molecule has 31 heavy (non-hydrogen) atoms. The molecule has 1 radical (unpaired) electrons. The Balaban J connectivity index is 1.24. The van der Waals surface area contributed by atoms with Gasteiger partial charge in [0.2, 0.25) is 5.89 Å². The van der Waals surface area contributed by atoms with E-state index >= 15 is 0 Å². The fraction of sp³-hybridized carbons (Fsp3) is 0.385. The average Bonchev–Trinajstić information content (AvgIpc) is 3.28. The SMILES string of the molecule is [CH2]c1cccc(C23CCC(CNc4cccc(-c5nc(OCC)co5)c4)(CC2)CO3)c1. The number of nitrogens with one attached hydrogen (secondary N) is 1. The van der Waals surface area contributed by atoms with Crippen molar-refractivity contribution in [2.24, 2.45) is 5.41 Å². The van der Waals surface area contributed by atoms with Gasteiger partial charge in [-0.2, -0.15) is 4.98 Å². The molecule has 2 aliphatic heterocycles. The number of fused-ring (bicyclic) bond motifs is 3. The second-order valence-electron chi connectivity index (χ2n) is 8.84. The highest BCUT2D eigenvalue weighted by atomic mass is 16.5. The molecule has 2 aromatic carbocycles. The van der Waals surface area contributed by atoms with Crippen molar-refractivity contribution in [1.29, 1.82) is 0 Å². The molecule has 3 fully saturated rings. The van der Waals surface area contributed by atoms with Crippen LogP contribution in [0.3, 0.4) is 0 Å². The molecule has 161 valence electrons. The lowest BCUT2D eigenvalue weighted by Gasteiger charge is -2.53. The molecule has 6 rings (SSSR count). The largest absolute Gasteiger partial charge is 0.476 e. The van der Waals surface area contributed by atoms with Gasteiger partial charge in [-0.05, 0) is 68.9 Å². The third-order valence-electron chi connectivity index (χ3n) is 6.78. The van der Waals surface area contributed by atoms with Crippen LogP contribution in [0.2, 0.25) is 0 Å². The van der Waals surface area contributed by atoms with Gasteiger partial charge >= 0.3 is 0 Å². The summed E-state index contributed by atoms with van der Waals surface area (Å²) in [6, 6.07) is 16.7. The van der Waals surface area contributed by atoms with E-state index in [4.69, 9.17) is 13.9 Å². The summed E-state index contributed by atoms with van der Waals surface area (Å²) in [6.07, 6.45) is 6.01. The molecule has 5 nitrogen and oxygen atoms in total. The highest BCUT2D eigenvalue weighted by Gasteiger charge is 2.50. The van der Waals surface area contributed by atoms with Gasteiger partial charge in [0.15, 0.2) is 6.26 Å². The quantitative estimate of drug-likeness (QED) is 0.525. The number of hydrogen-bond acceptors (Lipinski definition) is 5. The first-order chi connectivity index (χ1) is 15.1. The first kappa shape index (κ1) is 20.1. The molecule has 3 heterocycles. The zero-order chi connectivity index (χ0) is 21.3. The Morgan fingerprint density at radius 3 is 2.68 bits per heavy atom. The Bertz CT molecular complexity index is 1030. The van der Waals surface area contributed by atoms with Crippen molar-refractivity contribution in [1.82, 2.24) is 4.98 Å². The lowest BCUT2D eigenvalue weighted by atomic mass is 9.64. The van der Waals surface area contributed by atoms with Crippen molar-refractivity contribution in [3.05, 3.63) is 72.8 Å². The predicted molar refractivity (Wildman–Crippen MR) is 121 cm³/mol. The number of benzene rings is 2. The van der Waals surface area contributed by atoms with E-state index < -0.39 is 0 Å². The van der Waals surface area contributed by atoms with Gasteiger partial charge in [-0.25, -0.2) is 0 Å². The minimum atomic E-state index is -0.126. The number of oxazole rings is 1. The Morgan fingerprint density at radius 2 is 1.94 bits per heavy atom. The van der Waals surface area contributed by atoms with E-state index in [1.165, 1.54) is 18.4 Å². The molecule has 2 saturated heterocycles. The van der Waals surface area contributed by atoms with E-state index in [0.717, 1.165) is 42.8 Å². The minimum absolute atomic E-state index is 0.126. The van der Waals surface area contributed by atoms with Crippen LogP contribution in [0, 0.1) is 12.3 Å². The Labute approximate surface area is 183 Å². The van der Waals surface area contributed by atoms with E-state index in [-0.39, 0.29) is 11.0 Å². The van der Waals surface area contributed by atoms with Crippen LogP contribution in [0.25, 0.3) is 11.5 Å². The lowest BCUT2D eigenvalue weighted by molar-refractivity contribution is -0.185. The maximum atomic E-state index is 6.51. The van der Waals surface area contributed by atoms with Crippen molar-refractivity contribution in [2.75, 3.05) is 25.1 Å². The molecule has 2 bridgehead atoms. The Hall–Kier alpha value is -2.79. The zero-order valence-corrected chi connectivity index (χ0v) is 18.0. The van der Waals surface area contributed by atoms with Crippen LogP contribution >= 0.6 is 0 Å². The van der Waals surface area contributed by atoms with Crippen molar-refractivity contribution in [3.8, 4) is 17.3 Å². The summed E-state index contributed by atoms with van der Waals surface area (Å²) < 4.78 is 17.5. The third kappa shape index (κ3) is 3.94. The molecule has 0 unspecified atom stereocenters. The molecule has 5 heteroatoms. The maximum Gasteiger partial charge on any atom is 0.253 e. The van der Waals surface area contributed by atoms with E-state index in [2.05, 4.69) is 47.6 Å². The second kappa shape index (κ2) is 8.04. The summed E-state index contributed by atoms with van der Waals surface area (Å²) in [5, 5.41) is 3.64. The molecular formula is C26H29N2O3. The monoisotopic (exact) mass is 417 g/mol. The Morgan fingerprint density at radius 1 is 1.10 bits per heavy atom. The van der Waals surface area contributed by atoms with Gasteiger partial charge in [-0.15, -0.1) is 0 Å². The van der Waals surface area contributed by atoms with Crippen LogP contribution in [0.4, 0.5) is 5.69 Å². The molecule has 0 amide bonds. The molecule has 0 atom stereocenters. The molecule has 1 aliphatic carbocycles. The van der Waals surface area contributed by atoms with Crippen LogP contribution < -0.4 is 10.1 Å². The summed E-state index contributed by atoms with van der Waals surface area (Å²) in [4.78, 5) is 4.40. The standard InChI is InChI=1S/C26H29N2O3/c1-3-29-23-16-30-24(28-23)20-7-5-9-22(15-20)27-17-25-10-12-26(13-11-25,31-18-25)21-8-4-6-19(2)14-21/h4-9,14-16,27H,2-3,10-13,17-18H2,1H3. The van der Waals surface area contributed by atoms with Gasteiger partial charge in [0.25, 0.3) is 5.88 Å². The van der Waals surface area contributed by atoms with Crippen molar-refractivity contribution in [3.63, 3.8) is 0 Å². The number of anilines is 1. The number of ether oxygens (including phenoxy) is 2. The zero-order valence-electron chi connectivity index (χ0n) is 18.0. The van der Waals surface area contributed by atoms with Gasteiger partial charge in [-0.3, -0.25) is 0 Å². The lowest BCUT2D eigenvalue weighted by Crippen LogP contribution is -2.51. The highest BCUT2D eigenvalue weighted by Crippen LogP contribution is 2.53. The van der Waals surface area contributed by atoms with E-state index in [0.29, 0.717) is 18.4 Å². The smallest absolute Gasteiger partial charge is 0.253 e. The van der Waals surface area contributed by atoms with Crippen LogP contribution in [0.5, 0.6) is 5.88 Å². The van der Waals surface area contributed by atoms with Gasteiger partial charge in [0.1, 0.15) is 0 Å². The molecule has 0 spiro atoms. The van der Waals surface area contributed by atoms with Gasteiger partial charge in [0.05, 0.1) is 18.8 Å². The van der Waals surface area contributed by atoms with E-state index in [1.54, 1.807) is 6.26 Å². The predicted octanol–water partition coefficient (Wildman–Crippen LogP) is 5.82. The summed E-state index contributed by atoms with van der Waals surface area (Å²) >= 11 is 0. The topological polar surface area (TPSA) is 56.5 Å². The van der Waals surface area contributed by atoms with Crippen LogP contribution in [0.1, 0.15) is 43.7 Å². The minimum Gasteiger partial charge on any atom is -0.476 e. The van der Waals surface area contributed by atoms with Crippen molar-refractivity contribution in [2.45, 2.75) is 38.2 Å². The fourth-order valence-electron chi connectivity index (χ4n) is 4.88. The molecule has 1 N–H and O–H groups in total. The summed E-state index contributed by atoms with van der Waals surface area (Å²) in [5.41, 5.74) is 4.40. The van der Waals surface area contributed by atoms with Gasteiger partial charge < -0.3 is 19.2 Å². The summed E-state index contributed by atoms with van der Waals surface area (Å²) in [6.45, 7) is 8.28. The highest BCUT2D eigenvalue weighted by molar-refractivity contribution is 5.61.